The van der Waals surface area contributed by atoms with Gasteiger partial charge in [-0.3, -0.25) is 4.79 Å². The molecule has 0 radical (unpaired) electrons. The molecule has 0 aliphatic heterocycles. The summed E-state index contributed by atoms with van der Waals surface area (Å²) in [7, 11) is 0. The Bertz CT molecular complexity index is 634. The number of carbonyl (C=O) groups excluding carboxylic acids is 1. The molecule has 0 saturated carbocycles. The Morgan fingerprint density at radius 3 is 2.21 bits per heavy atom. The van der Waals surface area contributed by atoms with Crippen LogP contribution >= 0.6 is 11.6 Å². The van der Waals surface area contributed by atoms with E-state index < -0.39 is 0 Å². The molecule has 0 aliphatic rings. The van der Waals surface area contributed by atoms with Crippen molar-refractivity contribution >= 4 is 17.4 Å². The molecule has 0 amide bonds. The van der Waals surface area contributed by atoms with Crippen molar-refractivity contribution in [1.82, 2.24) is 0 Å². The van der Waals surface area contributed by atoms with Crippen LogP contribution in [0.1, 0.15) is 73.4 Å². The average Bonchev–Trinajstić information content (AvgIpc) is 2.60. The van der Waals surface area contributed by atoms with Gasteiger partial charge in [0.25, 0.3) is 0 Å². The van der Waals surface area contributed by atoms with E-state index in [1.165, 1.54) is 38.5 Å². The maximum Gasteiger partial charge on any atom is 0.193 e. The highest BCUT2D eigenvalue weighted by molar-refractivity contribution is 6.31. The lowest BCUT2D eigenvalue weighted by atomic mass is 9.98. The van der Waals surface area contributed by atoms with Gasteiger partial charge in [0.05, 0.1) is 0 Å². The highest BCUT2D eigenvalue weighted by atomic mass is 35.5. The van der Waals surface area contributed by atoms with Crippen molar-refractivity contribution in [3.63, 3.8) is 0 Å². The minimum absolute atomic E-state index is 0.0407. The second-order valence-electron chi connectivity index (χ2n) is 6.41. The van der Waals surface area contributed by atoms with Crippen LogP contribution in [0.2, 0.25) is 5.02 Å². The largest absolute Gasteiger partial charge is 0.289 e. The Labute approximate surface area is 151 Å². The molecule has 0 unspecified atom stereocenters. The zero-order valence-corrected chi connectivity index (χ0v) is 15.3. The molecular weight excluding hydrogens is 316 g/mol. The zero-order chi connectivity index (χ0) is 17.2. The van der Waals surface area contributed by atoms with Crippen molar-refractivity contribution < 1.29 is 4.79 Å². The van der Waals surface area contributed by atoms with Crippen LogP contribution in [0.5, 0.6) is 0 Å². The Kier molecular flexibility index (Phi) is 8.04. The van der Waals surface area contributed by atoms with Crippen LogP contribution < -0.4 is 0 Å². The van der Waals surface area contributed by atoms with Crippen molar-refractivity contribution in [3.8, 4) is 0 Å². The van der Waals surface area contributed by atoms with Gasteiger partial charge in [-0.05, 0) is 36.6 Å². The molecule has 24 heavy (non-hydrogen) atoms. The van der Waals surface area contributed by atoms with E-state index in [0.29, 0.717) is 16.1 Å². The number of aryl methyl sites for hydroxylation is 1. The smallest absolute Gasteiger partial charge is 0.193 e. The lowest BCUT2D eigenvalue weighted by molar-refractivity contribution is 0.103. The molecule has 2 heteroatoms. The van der Waals surface area contributed by atoms with E-state index in [1.54, 1.807) is 6.07 Å². The van der Waals surface area contributed by atoms with E-state index >= 15 is 0 Å². The molecule has 2 aromatic rings. The average molecular weight is 343 g/mol. The third-order valence-corrected chi connectivity index (χ3v) is 4.54. The molecule has 0 saturated heterocycles. The van der Waals surface area contributed by atoms with Gasteiger partial charge in [-0.15, -0.1) is 0 Å². The number of unbranched alkanes of at least 4 members (excludes halogenated alkanes) is 6. The third kappa shape index (κ3) is 6.13. The molecule has 2 rings (SSSR count). The Morgan fingerprint density at radius 2 is 1.50 bits per heavy atom. The number of carbonyl (C=O) groups is 1. The second kappa shape index (κ2) is 10.3. The first kappa shape index (κ1) is 18.7. The molecule has 0 heterocycles. The van der Waals surface area contributed by atoms with Crippen LogP contribution in [-0.4, -0.2) is 5.78 Å². The van der Waals surface area contributed by atoms with Crippen molar-refractivity contribution in [2.45, 2.75) is 58.3 Å². The summed E-state index contributed by atoms with van der Waals surface area (Å²) in [5.41, 5.74) is 2.56. The van der Waals surface area contributed by atoms with E-state index in [1.807, 2.05) is 42.5 Å². The first-order chi connectivity index (χ1) is 11.7. The van der Waals surface area contributed by atoms with E-state index in [9.17, 15) is 4.79 Å². The molecule has 0 spiro atoms. The Morgan fingerprint density at radius 1 is 0.833 bits per heavy atom. The van der Waals surface area contributed by atoms with Crippen LogP contribution in [0.3, 0.4) is 0 Å². The summed E-state index contributed by atoms with van der Waals surface area (Å²) >= 11 is 6.23. The van der Waals surface area contributed by atoms with E-state index in [-0.39, 0.29) is 5.78 Å². The van der Waals surface area contributed by atoms with E-state index in [4.69, 9.17) is 11.6 Å². The predicted molar refractivity (Wildman–Crippen MR) is 103 cm³/mol. The van der Waals surface area contributed by atoms with Crippen LogP contribution in [0.25, 0.3) is 0 Å². The van der Waals surface area contributed by atoms with Gasteiger partial charge in [-0.1, -0.05) is 87.4 Å². The summed E-state index contributed by atoms with van der Waals surface area (Å²) in [4.78, 5) is 12.6. The summed E-state index contributed by atoms with van der Waals surface area (Å²) in [6.45, 7) is 2.24. The minimum Gasteiger partial charge on any atom is -0.289 e. The molecular formula is C22H27ClO. The van der Waals surface area contributed by atoms with Gasteiger partial charge in [0.15, 0.2) is 5.78 Å². The van der Waals surface area contributed by atoms with Crippen molar-refractivity contribution in [3.05, 3.63) is 70.2 Å². The molecule has 2 aromatic carbocycles. The van der Waals surface area contributed by atoms with Gasteiger partial charge in [0.1, 0.15) is 0 Å². The predicted octanol–water partition coefficient (Wildman–Crippen LogP) is 6.86. The van der Waals surface area contributed by atoms with E-state index in [2.05, 4.69) is 6.92 Å². The molecule has 1 nitrogen and oxygen atoms in total. The van der Waals surface area contributed by atoms with Gasteiger partial charge >= 0.3 is 0 Å². The summed E-state index contributed by atoms with van der Waals surface area (Å²) in [6, 6.07) is 15.1. The maximum atomic E-state index is 12.6. The van der Waals surface area contributed by atoms with Gasteiger partial charge in [0, 0.05) is 16.1 Å². The number of halogens is 1. The monoisotopic (exact) mass is 342 g/mol. The number of hydrogen-bond donors (Lipinski definition) is 0. The minimum atomic E-state index is 0.0407. The normalized spacial score (nSPS) is 10.8. The fourth-order valence-corrected chi connectivity index (χ4v) is 3.23. The van der Waals surface area contributed by atoms with Gasteiger partial charge in [-0.25, -0.2) is 0 Å². The van der Waals surface area contributed by atoms with Gasteiger partial charge < -0.3 is 0 Å². The summed E-state index contributed by atoms with van der Waals surface area (Å²) < 4.78 is 0. The standard InChI is InChI=1S/C22H27ClO/c1-2-3-4-5-6-7-9-12-18-15-20(17-21(23)16-18)22(24)19-13-10-8-11-14-19/h8,10-11,13-17H,2-7,9,12H2,1H3. The third-order valence-electron chi connectivity index (χ3n) is 4.32. The SMILES string of the molecule is CCCCCCCCCc1cc(Cl)cc(C(=O)c2ccccc2)c1. The Hall–Kier alpha value is -1.60. The Balaban J connectivity index is 1.90. The number of benzene rings is 2. The summed E-state index contributed by atoms with van der Waals surface area (Å²) in [5, 5.41) is 0.648. The quantitative estimate of drug-likeness (QED) is 0.340. The van der Waals surface area contributed by atoms with E-state index in [0.717, 1.165) is 18.4 Å². The second-order valence-corrected chi connectivity index (χ2v) is 6.85. The summed E-state index contributed by atoms with van der Waals surface area (Å²) in [5.74, 6) is 0.0407. The fraction of sp³-hybridized carbons (Fsp3) is 0.409. The summed E-state index contributed by atoms with van der Waals surface area (Å²) in [6.07, 6.45) is 10.0. The first-order valence-corrected chi connectivity index (χ1v) is 9.47. The van der Waals surface area contributed by atoms with Crippen molar-refractivity contribution in [2.24, 2.45) is 0 Å². The molecule has 0 bridgehead atoms. The molecule has 0 aromatic heterocycles. The van der Waals surface area contributed by atoms with Gasteiger partial charge in [0.2, 0.25) is 0 Å². The van der Waals surface area contributed by atoms with Crippen LogP contribution in [0.4, 0.5) is 0 Å². The highest BCUT2D eigenvalue weighted by Gasteiger charge is 2.10. The highest BCUT2D eigenvalue weighted by Crippen LogP contribution is 2.20. The first-order valence-electron chi connectivity index (χ1n) is 9.10. The zero-order valence-electron chi connectivity index (χ0n) is 14.6. The molecule has 128 valence electrons. The lowest BCUT2D eigenvalue weighted by Gasteiger charge is -2.07. The molecule has 0 atom stereocenters. The maximum absolute atomic E-state index is 12.6. The van der Waals surface area contributed by atoms with Gasteiger partial charge in [-0.2, -0.15) is 0 Å². The fourth-order valence-electron chi connectivity index (χ4n) is 2.97. The van der Waals surface area contributed by atoms with Crippen molar-refractivity contribution in [2.75, 3.05) is 0 Å². The van der Waals surface area contributed by atoms with Crippen LogP contribution in [-0.2, 0) is 6.42 Å². The number of rotatable bonds is 10. The van der Waals surface area contributed by atoms with Crippen LogP contribution in [0, 0.1) is 0 Å². The molecule has 0 fully saturated rings. The number of ketones is 1. The van der Waals surface area contributed by atoms with Crippen molar-refractivity contribution in [1.29, 1.82) is 0 Å². The molecule has 0 aliphatic carbocycles. The van der Waals surface area contributed by atoms with Crippen LogP contribution in [0.15, 0.2) is 48.5 Å². The topological polar surface area (TPSA) is 17.1 Å². The lowest BCUT2D eigenvalue weighted by Crippen LogP contribution is -2.02. The molecule has 0 N–H and O–H groups in total. The number of hydrogen-bond acceptors (Lipinski definition) is 1.